The summed E-state index contributed by atoms with van der Waals surface area (Å²) in [5.74, 6) is 3.28. The highest BCUT2D eigenvalue weighted by atomic mass is 35.5. The summed E-state index contributed by atoms with van der Waals surface area (Å²) in [4.78, 5) is 0. The molecular weight excluding hydrogens is 244 g/mol. The Labute approximate surface area is 116 Å². The molecule has 0 spiro atoms. The third-order valence-corrected chi connectivity index (χ3v) is 7.90. The monoisotopic (exact) mass is 274 g/mol. The third-order valence-electron chi connectivity index (χ3n) is 3.01. The molecule has 0 heterocycles. The van der Waals surface area contributed by atoms with Crippen molar-refractivity contribution in [1.29, 1.82) is 0 Å². The number of halogens is 1. The van der Waals surface area contributed by atoms with E-state index >= 15 is 0 Å². The predicted molar refractivity (Wildman–Crippen MR) is 85.8 cm³/mol. The van der Waals surface area contributed by atoms with Crippen molar-refractivity contribution in [2.24, 2.45) is 0 Å². The predicted octanol–water partition coefficient (Wildman–Crippen LogP) is 5.47. The van der Waals surface area contributed by atoms with Crippen molar-refractivity contribution in [3.05, 3.63) is 0 Å². The molecule has 0 aliphatic heterocycles. The van der Waals surface area contributed by atoms with E-state index in [4.69, 9.17) is 18.0 Å². The summed E-state index contributed by atoms with van der Waals surface area (Å²) in [5, 5.41) is 0. The molecule has 0 amide bonds. The maximum atomic E-state index is 5.37. The number of rotatable bonds is 6. The second-order valence-corrected chi connectivity index (χ2v) is 11.2. The molecule has 102 valence electrons. The Morgan fingerprint density at radius 2 is 1.35 bits per heavy atom. The summed E-state index contributed by atoms with van der Waals surface area (Å²) in [5.41, 5.74) is 2.92. The highest BCUT2D eigenvalue weighted by Gasteiger charge is 2.22. The van der Waals surface area contributed by atoms with Crippen molar-refractivity contribution in [3.63, 3.8) is 0 Å². The van der Waals surface area contributed by atoms with Crippen LogP contribution in [0.4, 0.5) is 0 Å². The number of unbranched alkanes of at least 4 members (excludes halogenated alkanes) is 2. The molecule has 0 radical (unpaired) electrons. The molecule has 0 aliphatic rings. The van der Waals surface area contributed by atoms with E-state index in [2.05, 4.69) is 47.5 Å². The molecule has 17 heavy (non-hydrogen) atoms. The number of terminal acetylenes is 1. The highest BCUT2D eigenvalue weighted by Crippen LogP contribution is 2.28. The first-order valence-corrected chi connectivity index (χ1v) is 9.41. The van der Waals surface area contributed by atoms with Crippen LogP contribution >= 0.6 is 11.6 Å². The van der Waals surface area contributed by atoms with Gasteiger partial charge in [0, 0.05) is 21.1 Å². The summed E-state index contributed by atoms with van der Waals surface area (Å²) in [6.45, 7) is 14.3. The van der Waals surface area contributed by atoms with Gasteiger partial charge in [0.2, 0.25) is 0 Å². The van der Waals surface area contributed by atoms with Crippen LogP contribution in [-0.2, 0) is 0 Å². The van der Waals surface area contributed by atoms with Crippen LogP contribution in [0.15, 0.2) is 0 Å². The minimum Gasteiger partial charge on any atom is -0.127 e. The van der Waals surface area contributed by atoms with E-state index in [1.54, 1.807) is 0 Å². The molecule has 0 saturated carbocycles. The van der Waals surface area contributed by atoms with E-state index in [1.807, 2.05) is 0 Å². The fraction of sp³-hybridized carbons (Fsp3) is 0.867. The molecule has 0 atom stereocenters. The molecule has 0 aromatic heterocycles. The summed E-state index contributed by atoms with van der Waals surface area (Å²) in [6.07, 6.45) is 7.96. The lowest BCUT2D eigenvalue weighted by Crippen LogP contribution is -2.24. The number of alkyl halides is 1. The van der Waals surface area contributed by atoms with Crippen molar-refractivity contribution < 1.29 is 0 Å². The first-order chi connectivity index (χ1) is 7.88. The largest absolute Gasteiger partial charge is 0.127 e. The Hall–Kier alpha value is 0.0669. The van der Waals surface area contributed by atoms with E-state index < -0.39 is 8.80 Å². The van der Waals surface area contributed by atoms with Crippen molar-refractivity contribution >= 4 is 20.4 Å². The van der Waals surface area contributed by atoms with Crippen LogP contribution in [0.2, 0.25) is 16.6 Å². The topological polar surface area (TPSA) is 0 Å². The second kappa shape index (κ2) is 12.5. The van der Waals surface area contributed by atoms with Gasteiger partial charge in [-0.3, -0.25) is 0 Å². The van der Waals surface area contributed by atoms with Gasteiger partial charge in [0.05, 0.1) is 0 Å². The molecule has 0 unspecified atom stereocenters. The summed E-state index contributed by atoms with van der Waals surface area (Å²) in [7, 11) is -0.454. The van der Waals surface area contributed by atoms with Crippen molar-refractivity contribution in [2.75, 3.05) is 5.88 Å². The average molecular weight is 275 g/mol. The van der Waals surface area contributed by atoms with Gasteiger partial charge in [0.15, 0.2) is 0 Å². The first kappa shape index (κ1) is 19.4. The SMILES string of the molecule is C#CCCCCCl.CC(C)[SiH](C(C)C)C(C)C. The van der Waals surface area contributed by atoms with Gasteiger partial charge < -0.3 is 0 Å². The van der Waals surface area contributed by atoms with Crippen LogP contribution < -0.4 is 0 Å². The van der Waals surface area contributed by atoms with Crippen molar-refractivity contribution in [2.45, 2.75) is 77.4 Å². The average Bonchev–Trinajstić information content (AvgIpc) is 2.17. The van der Waals surface area contributed by atoms with Crippen molar-refractivity contribution in [1.82, 2.24) is 0 Å². The highest BCUT2D eigenvalue weighted by molar-refractivity contribution is 6.63. The minimum atomic E-state index is -0.454. The molecular formula is C15H31ClSi. The Bertz CT molecular complexity index is 173. The van der Waals surface area contributed by atoms with Gasteiger partial charge in [-0.1, -0.05) is 58.2 Å². The molecule has 0 nitrogen and oxygen atoms in total. The molecule has 0 rings (SSSR count). The molecule has 0 aromatic rings. The number of hydrogen-bond acceptors (Lipinski definition) is 0. The maximum Gasteiger partial charge on any atom is 0.0445 e. The van der Waals surface area contributed by atoms with Crippen LogP contribution in [0.5, 0.6) is 0 Å². The molecule has 2 heteroatoms. The number of hydrogen-bond donors (Lipinski definition) is 0. The Balaban J connectivity index is 0. The minimum absolute atomic E-state index is 0.454. The van der Waals surface area contributed by atoms with Gasteiger partial charge in [0.25, 0.3) is 0 Å². The molecule has 0 aliphatic carbocycles. The van der Waals surface area contributed by atoms with Crippen LogP contribution in [0, 0.1) is 12.3 Å². The van der Waals surface area contributed by atoms with Crippen LogP contribution in [0.3, 0.4) is 0 Å². The summed E-state index contributed by atoms with van der Waals surface area (Å²) in [6, 6.07) is 0. The lowest BCUT2D eigenvalue weighted by Gasteiger charge is -2.26. The fourth-order valence-corrected chi connectivity index (χ4v) is 7.44. The second-order valence-electron chi connectivity index (χ2n) is 5.66. The van der Waals surface area contributed by atoms with Crippen LogP contribution in [0.25, 0.3) is 0 Å². The summed E-state index contributed by atoms with van der Waals surface area (Å²) < 4.78 is 0. The van der Waals surface area contributed by atoms with Gasteiger partial charge in [-0.25, -0.2) is 0 Å². The van der Waals surface area contributed by atoms with Gasteiger partial charge >= 0.3 is 0 Å². The van der Waals surface area contributed by atoms with Gasteiger partial charge in [-0.15, -0.1) is 23.9 Å². The van der Waals surface area contributed by atoms with Gasteiger partial charge in [-0.05, 0) is 12.8 Å². The normalized spacial score (nSPS) is 10.7. The molecule has 0 bridgehead atoms. The van der Waals surface area contributed by atoms with E-state index in [9.17, 15) is 0 Å². The Kier molecular flexibility index (Phi) is 14.3. The lowest BCUT2D eigenvalue weighted by molar-refractivity contribution is 0.834. The molecule has 0 saturated heterocycles. The van der Waals surface area contributed by atoms with Gasteiger partial charge in [0.1, 0.15) is 0 Å². The quantitative estimate of drug-likeness (QED) is 0.261. The Morgan fingerprint density at radius 1 is 0.941 bits per heavy atom. The standard InChI is InChI=1S/C9H22Si.C6H9Cl/c1-7(2)10(8(3)4)9(5)6;1-2-3-4-5-6-7/h7-10H,1-6H3;1H,3-6H2. The zero-order valence-electron chi connectivity index (χ0n) is 12.6. The van der Waals surface area contributed by atoms with Crippen LogP contribution in [0.1, 0.15) is 60.8 Å². The Morgan fingerprint density at radius 3 is 1.53 bits per heavy atom. The molecule has 0 N–H and O–H groups in total. The summed E-state index contributed by atoms with van der Waals surface area (Å²) >= 11 is 5.37. The zero-order chi connectivity index (χ0) is 13.8. The van der Waals surface area contributed by atoms with Crippen molar-refractivity contribution in [3.8, 4) is 12.3 Å². The maximum absolute atomic E-state index is 5.37. The van der Waals surface area contributed by atoms with Crippen LogP contribution in [-0.4, -0.2) is 14.7 Å². The van der Waals surface area contributed by atoms with E-state index in [-0.39, 0.29) is 0 Å². The smallest absolute Gasteiger partial charge is 0.0445 e. The van der Waals surface area contributed by atoms with E-state index in [1.165, 1.54) is 0 Å². The first-order valence-electron chi connectivity index (χ1n) is 6.87. The lowest BCUT2D eigenvalue weighted by atomic mass is 10.3. The molecule has 0 aromatic carbocycles. The zero-order valence-corrected chi connectivity index (χ0v) is 14.5. The van der Waals surface area contributed by atoms with E-state index in [0.29, 0.717) is 0 Å². The fourth-order valence-electron chi connectivity index (χ4n) is 2.63. The third kappa shape index (κ3) is 12.3. The molecule has 0 fully saturated rings. The van der Waals surface area contributed by atoms with Gasteiger partial charge in [-0.2, -0.15) is 0 Å². The van der Waals surface area contributed by atoms with E-state index in [0.717, 1.165) is 41.8 Å².